The summed E-state index contributed by atoms with van der Waals surface area (Å²) in [6, 6.07) is 21.6. The van der Waals surface area contributed by atoms with Crippen LogP contribution in [0.25, 0.3) is 11.1 Å². The molecular weight excluding hydrogens is 277 g/mol. The van der Waals surface area contributed by atoms with Gasteiger partial charge in [0.25, 0.3) is 0 Å². The second kappa shape index (κ2) is 6.31. The highest BCUT2D eigenvalue weighted by molar-refractivity contribution is 5.63. The molecular formula is C19H16FNO. The maximum absolute atomic E-state index is 12.9. The average Bonchev–Trinajstić information content (AvgIpc) is 2.56. The normalized spacial score (nSPS) is 10.4. The van der Waals surface area contributed by atoms with E-state index in [0.29, 0.717) is 6.54 Å². The van der Waals surface area contributed by atoms with Crippen molar-refractivity contribution in [2.24, 2.45) is 0 Å². The molecule has 0 aromatic heterocycles. The molecule has 2 nitrogen and oxygen atoms in total. The summed E-state index contributed by atoms with van der Waals surface area (Å²) >= 11 is 0. The van der Waals surface area contributed by atoms with Crippen LogP contribution in [0.1, 0.15) is 5.56 Å². The molecule has 0 aliphatic heterocycles. The Kier molecular flexibility index (Phi) is 4.05. The maximum atomic E-state index is 12.9. The molecule has 0 aliphatic rings. The van der Waals surface area contributed by atoms with Crippen LogP contribution in [0.15, 0.2) is 72.8 Å². The molecule has 2 N–H and O–H groups in total. The fraction of sp³-hybridized carbons (Fsp3) is 0.0526. The molecule has 0 bridgehead atoms. The van der Waals surface area contributed by atoms with Crippen LogP contribution in [0, 0.1) is 5.82 Å². The Hall–Kier alpha value is -2.81. The van der Waals surface area contributed by atoms with Crippen LogP contribution in [0.4, 0.5) is 10.1 Å². The molecule has 0 fully saturated rings. The Balaban J connectivity index is 1.66. The van der Waals surface area contributed by atoms with Gasteiger partial charge in [-0.05, 0) is 53.1 Å². The van der Waals surface area contributed by atoms with Gasteiger partial charge in [0.05, 0.1) is 0 Å². The third kappa shape index (κ3) is 3.44. The van der Waals surface area contributed by atoms with E-state index in [4.69, 9.17) is 0 Å². The van der Waals surface area contributed by atoms with E-state index in [1.807, 2.05) is 36.4 Å². The summed E-state index contributed by atoms with van der Waals surface area (Å²) in [5.74, 6) is 0.0349. The largest absolute Gasteiger partial charge is 0.508 e. The lowest BCUT2D eigenvalue weighted by molar-refractivity contribution is 0.475. The molecule has 3 aromatic rings. The Morgan fingerprint density at radius 1 is 0.727 bits per heavy atom. The molecule has 3 aromatic carbocycles. The fourth-order valence-corrected chi connectivity index (χ4v) is 2.24. The van der Waals surface area contributed by atoms with Crippen LogP contribution < -0.4 is 5.32 Å². The van der Waals surface area contributed by atoms with Crippen LogP contribution in [0.5, 0.6) is 5.75 Å². The predicted molar refractivity (Wildman–Crippen MR) is 87.3 cm³/mol. The van der Waals surface area contributed by atoms with Crippen LogP contribution in [0.2, 0.25) is 0 Å². The van der Waals surface area contributed by atoms with Crippen molar-refractivity contribution >= 4 is 5.69 Å². The van der Waals surface area contributed by atoms with E-state index in [9.17, 15) is 9.50 Å². The number of phenolic OH excluding ortho intramolecular Hbond substituents is 1. The maximum Gasteiger partial charge on any atom is 0.123 e. The first kappa shape index (κ1) is 14.1. The molecule has 0 aliphatic carbocycles. The molecule has 0 spiro atoms. The molecule has 0 saturated heterocycles. The third-order valence-corrected chi connectivity index (χ3v) is 3.50. The lowest BCUT2D eigenvalue weighted by Gasteiger charge is -2.08. The first-order chi connectivity index (χ1) is 10.7. The second-order valence-electron chi connectivity index (χ2n) is 5.10. The van der Waals surface area contributed by atoms with Gasteiger partial charge in [0.15, 0.2) is 0 Å². The Bertz CT molecular complexity index is 734. The molecule has 0 unspecified atom stereocenters. The quantitative estimate of drug-likeness (QED) is 0.676. The van der Waals surface area contributed by atoms with Crippen molar-refractivity contribution < 1.29 is 9.50 Å². The smallest absolute Gasteiger partial charge is 0.123 e. The van der Waals surface area contributed by atoms with Crippen molar-refractivity contribution in [1.82, 2.24) is 0 Å². The summed E-state index contributed by atoms with van der Waals surface area (Å²) in [6.45, 7) is 0.703. The lowest BCUT2D eigenvalue weighted by Crippen LogP contribution is -1.98. The number of benzene rings is 3. The first-order valence-corrected chi connectivity index (χ1v) is 7.08. The number of phenols is 1. The van der Waals surface area contributed by atoms with Crippen LogP contribution >= 0.6 is 0 Å². The van der Waals surface area contributed by atoms with Crippen LogP contribution in [-0.4, -0.2) is 5.11 Å². The van der Waals surface area contributed by atoms with Crippen LogP contribution in [-0.2, 0) is 6.54 Å². The van der Waals surface area contributed by atoms with Gasteiger partial charge in [-0.25, -0.2) is 4.39 Å². The van der Waals surface area contributed by atoms with Gasteiger partial charge in [0.1, 0.15) is 11.6 Å². The number of halogens is 1. The van der Waals surface area contributed by atoms with Crippen molar-refractivity contribution in [3.05, 3.63) is 84.2 Å². The van der Waals surface area contributed by atoms with Gasteiger partial charge in [-0.3, -0.25) is 0 Å². The van der Waals surface area contributed by atoms with E-state index < -0.39 is 0 Å². The van der Waals surface area contributed by atoms with Crippen molar-refractivity contribution in [2.75, 3.05) is 5.32 Å². The summed E-state index contributed by atoms with van der Waals surface area (Å²) in [5.41, 5.74) is 4.17. The number of nitrogens with one attached hydrogen (secondary N) is 1. The minimum atomic E-state index is -0.224. The third-order valence-electron chi connectivity index (χ3n) is 3.50. The highest BCUT2D eigenvalue weighted by Gasteiger charge is 1.99. The number of aromatic hydroxyl groups is 1. The van der Waals surface area contributed by atoms with E-state index in [1.54, 1.807) is 24.3 Å². The van der Waals surface area contributed by atoms with E-state index in [1.165, 1.54) is 12.1 Å². The van der Waals surface area contributed by atoms with Gasteiger partial charge in [-0.15, -0.1) is 0 Å². The zero-order chi connectivity index (χ0) is 15.4. The summed E-state index contributed by atoms with van der Waals surface area (Å²) in [5, 5.41) is 12.5. The number of hydrogen-bond donors (Lipinski definition) is 2. The molecule has 0 amide bonds. The summed E-state index contributed by atoms with van der Waals surface area (Å²) in [6.07, 6.45) is 0. The van der Waals surface area contributed by atoms with Crippen molar-refractivity contribution in [3.8, 4) is 16.9 Å². The SMILES string of the molecule is Oc1ccc(NCc2ccc(-c3ccc(F)cc3)cc2)cc1. The van der Waals surface area contributed by atoms with E-state index >= 15 is 0 Å². The summed E-state index contributed by atoms with van der Waals surface area (Å²) in [4.78, 5) is 0. The minimum Gasteiger partial charge on any atom is -0.508 e. The van der Waals surface area contributed by atoms with E-state index in [-0.39, 0.29) is 11.6 Å². The van der Waals surface area contributed by atoms with Gasteiger partial charge in [0.2, 0.25) is 0 Å². The highest BCUT2D eigenvalue weighted by Crippen LogP contribution is 2.21. The minimum absolute atomic E-state index is 0.224. The Morgan fingerprint density at radius 2 is 1.27 bits per heavy atom. The molecule has 3 heteroatoms. The first-order valence-electron chi connectivity index (χ1n) is 7.08. The van der Waals surface area contributed by atoms with Crippen LogP contribution in [0.3, 0.4) is 0 Å². The summed E-state index contributed by atoms with van der Waals surface area (Å²) in [7, 11) is 0. The number of rotatable bonds is 4. The predicted octanol–water partition coefficient (Wildman–Crippen LogP) is 4.81. The van der Waals surface area contributed by atoms with Crippen molar-refractivity contribution in [2.45, 2.75) is 6.54 Å². The monoisotopic (exact) mass is 293 g/mol. The second-order valence-corrected chi connectivity index (χ2v) is 5.10. The van der Waals surface area contributed by atoms with Crippen molar-refractivity contribution in [3.63, 3.8) is 0 Å². The highest BCUT2D eigenvalue weighted by atomic mass is 19.1. The number of hydrogen-bond acceptors (Lipinski definition) is 2. The number of anilines is 1. The Morgan fingerprint density at radius 3 is 1.86 bits per heavy atom. The van der Waals surface area contributed by atoms with Gasteiger partial charge in [-0.1, -0.05) is 36.4 Å². The molecule has 22 heavy (non-hydrogen) atoms. The summed E-state index contributed by atoms with van der Waals surface area (Å²) < 4.78 is 12.9. The van der Waals surface area contributed by atoms with Gasteiger partial charge in [-0.2, -0.15) is 0 Å². The lowest BCUT2D eigenvalue weighted by atomic mass is 10.0. The van der Waals surface area contributed by atoms with Gasteiger partial charge < -0.3 is 10.4 Å². The Labute approximate surface area is 128 Å². The molecule has 0 heterocycles. The average molecular weight is 293 g/mol. The van der Waals surface area contributed by atoms with E-state index in [0.717, 1.165) is 22.4 Å². The van der Waals surface area contributed by atoms with E-state index in [2.05, 4.69) is 5.32 Å². The molecule has 110 valence electrons. The standard InChI is InChI=1S/C19H16FNO/c20-17-7-5-16(6-8-17)15-3-1-14(2-4-15)13-21-18-9-11-19(22)12-10-18/h1-12,21-22H,13H2. The zero-order valence-corrected chi connectivity index (χ0v) is 12.0. The topological polar surface area (TPSA) is 32.3 Å². The molecule has 0 radical (unpaired) electrons. The van der Waals surface area contributed by atoms with Gasteiger partial charge in [0, 0.05) is 12.2 Å². The molecule has 0 atom stereocenters. The zero-order valence-electron chi connectivity index (χ0n) is 12.0. The van der Waals surface area contributed by atoms with Crippen molar-refractivity contribution in [1.29, 1.82) is 0 Å². The molecule has 0 saturated carbocycles. The fourth-order valence-electron chi connectivity index (χ4n) is 2.24. The van der Waals surface area contributed by atoms with Gasteiger partial charge >= 0.3 is 0 Å². The molecule has 3 rings (SSSR count).